The number of nitrogens with two attached hydrogens (primary N) is 1. The van der Waals surface area contributed by atoms with Crippen LogP contribution in [0.3, 0.4) is 0 Å². The average Bonchev–Trinajstić information content (AvgIpc) is 3.12. The molecule has 3 N–H and O–H groups in total. The highest BCUT2D eigenvalue weighted by molar-refractivity contribution is 7.93. The predicted octanol–water partition coefficient (Wildman–Crippen LogP) is 1.97. The summed E-state index contributed by atoms with van der Waals surface area (Å²) >= 11 is 0. The van der Waals surface area contributed by atoms with Crippen molar-refractivity contribution >= 4 is 27.3 Å². The Bertz CT molecular complexity index is 1040. The first kappa shape index (κ1) is 21.1. The minimum atomic E-state index is -3.84. The molecule has 1 aromatic rings. The highest BCUT2D eigenvalue weighted by Gasteiger charge is 2.57. The molecule has 1 spiro atoms. The van der Waals surface area contributed by atoms with Crippen molar-refractivity contribution in [2.45, 2.75) is 42.4 Å². The molecule has 0 radical (unpaired) electrons. The Kier molecular flexibility index (Phi) is 4.70. The van der Waals surface area contributed by atoms with Crippen LogP contribution in [-0.2, 0) is 24.9 Å². The van der Waals surface area contributed by atoms with Gasteiger partial charge in [0.05, 0.1) is 12.4 Å². The van der Waals surface area contributed by atoms with E-state index < -0.39 is 49.4 Å². The third kappa shape index (κ3) is 3.09. The van der Waals surface area contributed by atoms with Crippen LogP contribution in [0.4, 0.5) is 18.9 Å². The number of rotatable bonds is 3. The van der Waals surface area contributed by atoms with E-state index >= 15 is 0 Å². The highest BCUT2D eigenvalue weighted by Crippen LogP contribution is 2.44. The molecule has 1 aliphatic carbocycles. The zero-order valence-electron chi connectivity index (χ0n) is 16.3. The number of aliphatic imine (C=N–C) groups is 1. The van der Waals surface area contributed by atoms with Gasteiger partial charge in [0, 0.05) is 24.3 Å². The van der Waals surface area contributed by atoms with E-state index in [1.165, 1.54) is 19.1 Å². The van der Waals surface area contributed by atoms with Gasteiger partial charge >= 0.3 is 0 Å². The lowest BCUT2D eigenvalue weighted by Gasteiger charge is -2.39. The molecular formula is C19H22F3N3O4S. The standard InChI is InChI=1S/C19H22F3N3O4S/c1-17(10-30(27,28)18(16(23)25-17)6-7-29-9-18)13-8-11(2-3-14(13)20)24-15(26)12-4-5-19(12,21)22/h2-3,8,12H,4-7,9-10H2,1H3,(H2,23,25)(H,24,26)/t12?,17-,18?/m0/s1. The number of sulfone groups is 1. The average molecular weight is 445 g/mol. The van der Waals surface area contributed by atoms with Gasteiger partial charge in [-0.2, -0.15) is 0 Å². The smallest absolute Gasteiger partial charge is 0.259 e. The summed E-state index contributed by atoms with van der Waals surface area (Å²) in [5.74, 6) is -6.75. The van der Waals surface area contributed by atoms with Crippen molar-refractivity contribution in [2.75, 3.05) is 24.3 Å². The van der Waals surface area contributed by atoms with Crippen LogP contribution in [0.25, 0.3) is 0 Å². The summed E-state index contributed by atoms with van der Waals surface area (Å²) < 4.78 is 71.6. The van der Waals surface area contributed by atoms with Gasteiger partial charge in [-0.05, 0) is 38.0 Å². The summed E-state index contributed by atoms with van der Waals surface area (Å²) in [6.07, 6.45) is -0.113. The molecule has 0 aromatic heterocycles. The van der Waals surface area contributed by atoms with E-state index in [1.807, 2.05) is 0 Å². The number of carbonyl (C=O) groups excluding carboxylic acids is 1. The van der Waals surface area contributed by atoms with Crippen molar-refractivity contribution in [1.82, 2.24) is 0 Å². The molecule has 1 amide bonds. The molecule has 0 bridgehead atoms. The van der Waals surface area contributed by atoms with Crippen molar-refractivity contribution in [3.63, 3.8) is 0 Å². The first-order chi connectivity index (χ1) is 13.9. The van der Waals surface area contributed by atoms with E-state index in [9.17, 15) is 26.4 Å². The molecule has 1 saturated carbocycles. The van der Waals surface area contributed by atoms with Gasteiger partial charge < -0.3 is 15.8 Å². The van der Waals surface area contributed by atoms with Crippen molar-refractivity contribution in [3.05, 3.63) is 29.6 Å². The Morgan fingerprint density at radius 1 is 1.33 bits per heavy atom. The van der Waals surface area contributed by atoms with Crippen LogP contribution in [0.1, 0.15) is 31.7 Å². The predicted molar refractivity (Wildman–Crippen MR) is 104 cm³/mol. The molecule has 164 valence electrons. The maximum absolute atomic E-state index is 14.7. The second-order valence-electron chi connectivity index (χ2n) is 8.36. The van der Waals surface area contributed by atoms with Gasteiger partial charge in [-0.25, -0.2) is 21.6 Å². The van der Waals surface area contributed by atoms with Crippen LogP contribution >= 0.6 is 0 Å². The number of carbonyl (C=O) groups is 1. The molecule has 1 saturated heterocycles. The van der Waals surface area contributed by atoms with Crippen LogP contribution in [0.5, 0.6) is 0 Å². The quantitative estimate of drug-likeness (QED) is 0.739. The number of hydrogen-bond acceptors (Lipinski definition) is 6. The van der Waals surface area contributed by atoms with Crippen LogP contribution in [-0.4, -0.2) is 49.8 Å². The number of amides is 1. The molecule has 11 heteroatoms. The van der Waals surface area contributed by atoms with E-state index in [-0.39, 0.29) is 49.6 Å². The second kappa shape index (κ2) is 6.68. The molecule has 30 heavy (non-hydrogen) atoms. The fourth-order valence-corrected chi connectivity index (χ4v) is 6.53. The van der Waals surface area contributed by atoms with Crippen molar-refractivity contribution in [1.29, 1.82) is 0 Å². The maximum atomic E-state index is 14.7. The molecule has 2 fully saturated rings. The molecule has 4 rings (SSSR count). The van der Waals surface area contributed by atoms with Crippen LogP contribution in [0.2, 0.25) is 0 Å². The maximum Gasteiger partial charge on any atom is 0.259 e. The zero-order chi connectivity index (χ0) is 21.9. The van der Waals surface area contributed by atoms with Gasteiger partial charge in [-0.1, -0.05) is 0 Å². The molecule has 2 heterocycles. The number of amidine groups is 1. The Hall–Kier alpha value is -2.14. The number of hydrogen-bond donors (Lipinski definition) is 2. The normalized spacial score (nSPS) is 34.3. The third-order valence-corrected chi connectivity index (χ3v) is 8.96. The van der Waals surface area contributed by atoms with E-state index in [0.717, 1.165) is 6.07 Å². The Morgan fingerprint density at radius 3 is 2.60 bits per heavy atom. The SMILES string of the molecule is C[C@@]1(c2cc(NC(=O)C3CCC3(F)F)ccc2F)CS(=O)(=O)C2(CCOC2)C(N)=N1. The molecule has 7 nitrogen and oxygen atoms in total. The molecule has 3 aliphatic rings. The van der Waals surface area contributed by atoms with Gasteiger partial charge in [0.25, 0.3) is 5.92 Å². The number of alkyl halides is 2. The summed E-state index contributed by atoms with van der Waals surface area (Å²) in [6, 6.07) is 3.49. The summed E-state index contributed by atoms with van der Waals surface area (Å²) in [7, 11) is -3.84. The van der Waals surface area contributed by atoms with Crippen molar-refractivity contribution in [3.8, 4) is 0 Å². The molecule has 1 aromatic carbocycles. The van der Waals surface area contributed by atoms with E-state index in [4.69, 9.17) is 10.5 Å². The van der Waals surface area contributed by atoms with Gasteiger partial charge in [0.2, 0.25) is 5.91 Å². The Morgan fingerprint density at radius 2 is 2.07 bits per heavy atom. The lowest BCUT2D eigenvalue weighted by Crippen LogP contribution is -2.58. The van der Waals surface area contributed by atoms with Gasteiger partial charge in [-0.15, -0.1) is 0 Å². The fraction of sp³-hybridized carbons (Fsp3) is 0.579. The number of halogens is 3. The molecule has 2 unspecified atom stereocenters. The van der Waals surface area contributed by atoms with Gasteiger partial charge in [0.1, 0.15) is 23.1 Å². The largest absolute Gasteiger partial charge is 0.386 e. The van der Waals surface area contributed by atoms with Gasteiger partial charge in [-0.3, -0.25) is 9.79 Å². The molecule has 2 aliphatic heterocycles. The first-order valence-electron chi connectivity index (χ1n) is 9.55. The number of anilines is 1. The second-order valence-corrected chi connectivity index (χ2v) is 10.7. The van der Waals surface area contributed by atoms with E-state index in [1.54, 1.807) is 0 Å². The Labute approximate surface area is 171 Å². The number of benzene rings is 1. The molecule has 3 atom stereocenters. The Balaban J connectivity index is 1.68. The highest BCUT2D eigenvalue weighted by atomic mass is 32.2. The lowest BCUT2D eigenvalue weighted by atomic mass is 9.80. The number of ether oxygens (including phenoxy) is 1. The molecular weight excluding hydrogens is 423 g/mol. The summed E-state index contributed by atoms with van der Waals surface area (Å²) in [5.41, 5.74) is 4.49. The summed E-state index contributed by atoms with van der Waals surface area (Å²) in [4.78, 5) is 16.5. The third-order valence-electron chi connectivity index (χ3n) is 6.29. The van der Waals surface area contributed by atoms with Crippen molar-refractivity contribution < 1.29 is 31.1 Å². The first-order valence-corrected chi connectivity index (χ1v) is 11.2. The lowest BCUT2D eigenvalue weighted by molar-refractivity contribution is -0.157. The number of nitrogens with zero attached hydrogens (tertiary/aromatic N) is 1. The zero-order valence-corrected chi connectivity index (χ0v) is 17.1. The minimum Gasteiger partial charge on any atom is -0.386 e. The monoisotopic (exact) mass is 445 g/mol. The van der Waals surface area contributed by atoms with E-state index in [2.05, 4.69) is 10.3 Å². The van der Waals surface area contributed by atoms with Gasteiger partial charge in [0.15, 0.2) is 14.6 Å². The van der Waals surface area contributed by atoms with Crippen LogP contribution in [0.15, 0.2) is 23.2 Å². The van der Waals surface area contributed by atoms with Crippen LogP contribution in [0, 0.1) is 11.7 Å². The minimum absolute atomic E-state index is 0.0633. The van der Waals surface area contributed by atoms with Crippen molar-refractivity contribution in [2.24, 2.45) is 16.6 Å². The summed E-state index contributed by atoms with van der Waals surface area (Å²) in [5, 5.41) is 2.37. The topological polar surface area (TPSA) is 111 Å². The summed E-state index contributed by atoms with van der Waals surface area (Å²) in [6.45, 7) is 1.56. The van der Waals surface area contributed by atoms with E-state index in [0.29, 0.717) is 0 Å². The number of nitrogens with one attached hydrogen (secondary N) is 1. The fourth-order valence-electron chi connectivity index (χ4n) is 4.27. The van der Waals surface area contributed by atoms with Crippen LogP contribution < -0.4 is 11.1 Å².